The monoisotopic (exact) mass is 224 g/mol. The second kappa shape index (κ2) is 5.69. The Hall–Kier alpha value is -2.11. The van der Waals surface area contributed by atoms with E-state index in [4.69, 9.17) is 9.47 Å². The summed E-state index contributed by atoms with van der Waals surface area (Å²) in [7, 11) is 0. The second-order valence-electron chi connectivity index (χ2n) is 3.04. The Morgan fingerprint density at radius 2 is 2.12 bits per heavy atom. The molecule has 16 heavy (non-hydrogen) atoms. The van der Waals surface area contributed by atoms with E-state index in [9.17, 15) is 9.59 Å². The topological polar surface area (TPSA) is 81.3 Å². The van der Waals surface area contributed by atoms with Crippen molar-refractivity contribution in [3.63, 3.8) is 0 Å². The molecule has 6 heteroatoms. The van der Waals surface area contributed by atoms with Gasteiger partial charge in [-0.15, -0.1) is 0 Å². The van der Waals surface area contributed by atoms with Gasteiger partial charge in [0, 0.05) is 11.8 Å². The van der Waals surface area contributed by atoms with Crippen LogP contribution >= 0.6 is 0 Å². The molecule has 0 aliphatic rings. The van der Waals surface area contributed by atoms with Gasteiger partial charge in [-0.05, 0) is 6.92 Å². The van der Waals surface area contributed by atoms with Crippen molar-refractivity contribution >= 4 is 11.9 Å². The molecule has 0 atom stereocenters. The average molecular weight is 224 g/mol. The molecule has 0 unspecified atom stereocenters. The van der Waals surface area contributed by atoms with Gasteiger partial charge in [0.1, 0.15) is 13.2 Å². The van der Waals surface area contributed by atoms with Crippen molar-refractivity contribution in [1.82, 2.24) is 10.2 Å². The Morgan fingerprint density at radius 1 is 1.44 bits per heavy atom. The lowest BCUT2D eigenvalue weighted by atomic mass is 10.4. The summed E-state index contributed by atoms with van der Waals surface area (Å²) in [5.41, 5.74) is 0.632. The number of nitrogens with one attached hydrogen (secondary N) is 1. The van der Waals surface area contributed by atoms with Crippen molar-refractivity contribution in [1.29, 1.82) is 0 Å². The molecule has 86 valence electrons. The fraction of sp³-hybridized carbons (Fsp3) is 0.300. The highest BCUT2D eigenvalue weighted by Gasteiger charge is 2.08. The van der Waals surface area contributed by atoms with Crippen LogP contribution in [0.15, 0.2) is 24.5 Å². The van der Waals surface area contributed by atoms with Gasteiger partial charge in [-0.1, -0.05) is 6.58 Å². The van der Waals surface area contributed by atoms with Crippen LogP contribution in [0.4, 0.5) is 0 Å². The molecule has 1 N–H and O–H groups in total. The van der Waals surface area contributed by atoms with Crippen LogP contribution in [0.5, 0.6) is 0 Å². The third kappa shape index (κ3) is 3.56. The fourth-order valence-corrected chi connectivity index (χ4v) is 0.838. The van der Waals surface area contributed by atoms with E-state index in [1.165, 1.54) is 12.4 Å². The van der Waals surface area contributed by atoms with E-state index in [0.717, 1.165) is 0 Å². The smallest absolute Gasteiger partial charge is 0.341 e. The molecule has 0 bridgehead atoms. The Bertz CT molecular complexity index is 384. The number of rotatable bonds is 5. The number of carbonyl (C=O) groups excluding carboxylic acids is 2. The Balaban J connectivity index is 2.19. The molecule has 0 fully saturated rings. The molecule has 0 saturated carbocycles. The van der Waals surface area contributed by atoms with Crippen LogP contribution in [-0.2, 0) is 14.3 Å². The first-order valence-corrected chi connectivity index (χ1v) is 4.60. The molecular formula is C10H12N2O4. The van der Waals surface area contributed by atoms with Gasteiger partial charge in [0.2, 0.25) is 0 Å². The summed E-state index contributed by atoms with van der Waals surface area (Å²) in [6.07, 6.45) is 2.77. The van der Waals surface area contributed by atoms with Crippen LogP contribution < -0.4 is 0 Å². The first-order valence-electron chi connectivity index (χ1n) is 4.60. The minimum atomic E-state index is -0.514. The fourth-order valence-electron chi connectivity index (χ4n) is 0.838. The largest absolute Gasteiger partial charge is 0.459 e. The van der Waals surface area contributed by atoms with Crippen molar-refractivity contribution in [2.75, 3.05) is 13.2 Å². The summed E-state index contributed by atoms with van der Waals surface area (Å²) >= 11 is 0. The van der Waals surface area contributed by atoms with Crippen LogP contribution in [0.25, 0.3) is 0 Å². The molecule has 0 aromatic carbocycles. The molecule has 0 radical (unpaired) electrons. The Morgan fingerprint density at radius 3 is 2.69 bits per heavy atom. The lowest BCUT2D eigenvalue weighted by Gasteiger charge is -2.04. The standard InChI is InChI=1S/C10H12N2O4/c1-7(2)9(13)15-3-4-16-10(14)8-5-11-12-6-8/h5-6H,1,3-4H2,2H3,(H,11,12). The Labute approximate surface area is 92.2 Å². The molecule has 0 aliphatic carbocycles. The maximum Gasteiger partial charge on any atom is 0.341 e. The summed E-state index contributed by atoms with van der Waals surface area (Å²) < 4.78 is 9.54. The van der Waals surface area contributed by atoms with Gasteiger partial charge < -0.3 is 9.47 Å². The van der Waals surface area contributed by atoms with Crippen molar-refractivity contribution in [3.05, 3.63) is 30.1 Å². The van der Waals surface area contributed by atoms with E-state index in [-0.39, 0.29) is 13.2 Å². The van der Waals surface area contributed by atoms with Gasteiger partial charge in [0.15, 0.2) is 0 Å². The van der Waals surface area contributed by atoms with Crippen molar-refractivity contribution in [3.8, 4) is 0 Å². The molecule has 6 nitrogen and oxygen atoms in total. The molecule has 1 rings (SSSR count). The van der Waals surface area contributed by atoms with Crippen molar-refractivity contribution < 1.29 is 19.1 Å². The first kappa shape index (κ1) is 12.0. The summed E-state index contributed by atoms with van der Waals surface area (Å²) in [5, 5.41) is 6.09. The van der Waals surface area contributed by atoms with E-state index >= 15 is 0 Å². The van der Waals surface area contributed by atoms with Crippen molar-refractivity contribution in [2.24, 2.45) is 0 Å². The third-order valence-corrected chi connectivity index (χ3v) is 1.63. The van der Waals surface area contributed by atoms with Gasteiger partial charge in [0.05, 0.1) is 11.8 Å². The highest BCUT2D eigenvalue weighted by Crippen LogP contribution is 1.97. The molecule has 0 saturated heterocycles. The van der Waals surface area contributed by atoms with Crippen LogP contribution in [0.1, 0.15) is 17.3 Å². The number of esters is 2. The zero-order valence-corrected chi connectivity index (χ0v) is 8.86. The molecule has 1 aromatic heterocycles. The summed E-state index contributed by atoms with van der Waals surface area (Å²) in [4.78, 5) is 22.2. The number of H-pyrrole nitrogens is 1. The number of hydrogen-bond acceptors (Lipinski definition) is 5. The normalized spacial score (nSPS) is 9.56. The zero-order valence-electron chi connectivity index (χ0n) is 8.86. The second-order valence-corrected chi connectivity index (χ2v) is 3.04. The van der Waals surface area contributed by atoms with Crippen LogP contribution in [0.3, 0.4) is 0 Å². The molecule has 1 heterocycles. The minimum Gasteiger partial charge on any atom is -0.459 e. The minimum absolute atomic E-state index is 0.00301. The van der Waals surface area contributed by atoms with E-state index in [2.05, 4.69) is 16.8 Å². The van der Waals surface area contributed by atoms with E-state index in [1.54, 1.807) is 6.92 Å². The number of ether oxygens (including phenoxy) is 2. The number of aromatic nitrogens is 2. The first-order chi connectivity index (χ1) is 7.61. The van der Waals surface area contributed by atoms with Gasteiger partial charge in [0.25, 0.3) is 0 Å². The maximum atomic E-state index is 11.2. The summed E-state index contributed by atoms with van der Waals surface area (Å²) in [6.45, 7) is 4.97. The van der Waals surface area contributed by atoms with Crippen molar-refractivity contribution in [2.45, 2.75) is 6.92 Å². The molecular weight excluding hydrogens is 212 g/mol. The molecule has 0 amide bonds. The highest BCUT2D eigenvalue weighted by molar-refractivity contribution is 5.88. The van der Waals surface area contributed by atoms with E-state index < -0.39 is 11.9 Å². The number of carbonyl (C=O) groups is 2. The van der Waals surface area contributed by atoms with Gasteiger partial charge in [-0.2, -0.15) is 5.10 Å². The lowest BCUT2D eigenvalue weighted by Crippen LogP contribution is -2.13. The van der Waals surface area contributed by atoms with Gasteiger partial charge in [-0.25, -0.2) is 9.59 Å². The van der Waals surface area contributed by atoms with Gasteiger partial charge in [-0.3, -0.25) is 5.10 Å². The van der Waals surface area contributed by atoms with Crippen LogP contribution in [-0.4, -0.2) is 35.3 Å². The summed E-state index contributed by atoms with van der Waals surface area (Å²) in [5.74, 6) is -1.01. The lowest BCUT2D eigenvalue weighted by molar-refractivity contribution is -0.140. The Kier molecular flexibility index (Phi) is 4.26. The predicted molar refractivity (Wildman–Crippen MR) is 54.6 cm³/mol. The molecule has 1 aromatic rings. The maximum absolute atomic E-state index is 11.2. The third-order valence-electron chi connectivity index (χ3n) is 1.63. The molecule has 0 aliphatic heterocycles. The zero-order chi connectivity index (χ0) is 12.0. The SMILES string of the molecule is C=C(C)C(=O)OCCOC(=O)c1cn[nH]c1. The highest BCUT2D eigenvalue weighted by atomic mass is 16.6. The average Bonchev–Trinajstić information content (AvgIpc) is 2.76. The number of aromatic amines is 1. The summed E-state index contributed by atoms with van der Waals surface area (Å²) in [6, 6.07) is 0. The van der Waals surface area contributed by atoms with Crippen LogP contribution in [0.2, 0.25) is 0 Å². The predicted octanol–water partition coefficient (Wildman–Crippen LogP) is 0.686. The number of hydrogen-bond donors (Lipinski definition) is 1. The van der Waals surface area contributed by atoms with Crippen LogP contribution in [0, 0.1) is 0 Å². The molecule has 0 spiro atoms. The van der Waals surface area contributed by atoms with E-state index in [1.807, 2.05) is 0 Å². The number of nitrogens with zero attached hydrogens (tertiary/aromatic N) is 1. The van der Waals surface area contributed by atoms with Gasteiger partial charge >= 0.3 is 11.9 Å². The van der Waals surface area contributed by atoms with E-state index in [0.29, 0.717) is 11.1 Å². The quantitative estimate of drug-likeness (QED) is 0.452.